The van der Waals surface area contributed by atoms with Gasteiger partial charge in [0.1, 0.15) is 5.82 Å². The summed E-state index contributed by atoms with van der Waals surface area (Å²) >= 11 is 0. The molecular weight excluding hydrogens is 213 g/mol. The van der Waals surface area contributed by atoms with E-state index >= 15 is 0 Å². The maximum atomic E-state index is 13.1. The summed E-state index contributed by atoms with van der Waals surface area (Å²) in [6.45, 7) is 5.14. The Bertz CT molecular complexity index is 320. The Labute approximate surface area is 104 Å². The quantitative estimate of drug-likeness (QED) is 0.767. The van der Waals surface area contributed by atoms with E-state index in [0.29, 0.717) is 12.5 Å². The highest BCUT2D eigenvalue weighted by molar-refractivity contribution is 5.16. The summed E-state index contributed by atoms with van der Waals surface area (Å²) in [5.41, 5.74) is 6.88. The highest BCUT2D eigenvalue weighted by Crippen LogP contribution is 2.21. The van der Waals surface area contributed by atoms with E-state index in [9.17, 15) is 4.39 Å². The van der Waals surface area contributed by atoms with Crippen molar-refractivity contribution >= 4 is 0 Å². The van der Waals surface area contributed by atoms with E-state index in [1.807, 2.05) is 6.07 Å². The molecule has 2 heteroatoms. The van der Waals surface area contributed by atoms with Crippen molar-refractivity contribution in [2.75, 3.05) is 6.54 Å². The lowest BCUT2D eigenvalue weighted by atomic mass is 9.87. The van der Waals surface area contributed by atoms with Crippen molar-refractivity contribution in [3.8, 4) is 0 Å². The Morgan fingerprint density at radius 1 is 1.18 bits per heavy atom. The Balaban J connectivity index is 2.57. The van der Waals surface area contributed by atoms with Gasteiger partial charge < -0.3 is 5.73 Å². The molecule has 0 saturated carbocycles. The van der Waals surface area contributed by atoms with Gasteiger partial charge in [0.2, 0.25) is 0 Å². The van der Waals surface area contributed by atoms with Crippen molar-refractivity contribution in [3.05, 3.63) is 35.6 Å². The van der Waals surface area contributed by atoms with E-state index in [1.54, 1.807) is 12.1 Å². The fourth-order valence-electron chi connectivity index (χ4n) is 2.35. The largest absolute Gasteiger partial charge is 0.330 e. The van der Waals surface area contributed by atoms with Crippen LogP contribution in [0.25, 0.3) is 0 Å². The van der Waals surface area contributed by atoms with Crippen LogP contribution < -0.4 is 5.73 Å². The molecule has 17 heavy (non-hydrogen) atoms. The third kappa shape index (κ3) is 4.86. The van der Waals surface area contributed by atoms with Crippen molar-refractivity contribution in [2.45, 2.75) is 39.5 Å². The van der Waals surface area contributed by atoms with Crippen molar-refractivity contribution in [1.29, 1.82) is 0 Å². The molecule has 0 heterocycles. The molecule has 0 bridgehead atoms. The molecule has 0 aliphatic carbocycles. The van der Waals surface area contributed by atoms with Crippen molar-refractivity contribution < 1.29 is 4.39 Å². The summed E-state index contributed by atoms with van der Waals surface area (Å²) in [5.74, 6) is 1.07. The van der Waals surface area contributed by atoms with Crippen LogP contribution >= 0.6 is 0 Å². The van der Waals surface area contributed by atoms with Gasteiger partial charge in [-0.25, -0.2) is 4.39 Å². The summed E-state index contributed by atoms with van der Waals surface area (Å²) in [5, 5.41) is 0. The van der Waals surface area contributed by atoms with Crippen LogP contribution in [0.2, 0.25) is 0 Å². The summed E-state index contributed by atoms with van der Waals surface area (Å²) in [6.07, 6.45) is 4.46. The van der Waals surface area contributed by atoms with Gasteiger partial charge in [-0.15, -0.1) is 0 Å². The molecule has 0 aliphatic rings. The van der Waals surface area contributed by atoms with Crippen molar-refractivity contribution in [2.24, 2.45) is 17.6 Å². The van der Waals surface area contributed by atoms with Gasteiger partial charge in [0.25, 0.3) is 0 Å². The molecule has 1 rings (SSSR count). The number of rotatable bonds is 7. The molecule has 0 radical (unpaired) electrons. The van der Waals surface area contributed by atoms with E-state index in [2.05, 4.69) is 13.8 Å². The predicted molar refractivity (Wildman–Crippen MR) is 71.3 cm³/mol. The molecule has 0 saturated heterocycles. The van der Waals surface area contributed by atoms with Gasteiger partial charge in [-0.2, -0.15) is 0 Å². The average molecular weight is 237 g/mol. The van der Waals surface area contributed by atoms with E-state index in [1.165, 1.54) is 18.9 Å². The van der Waals surface area contributed by atoms with Gasteiger partial charge in [0, 0.05) is 0 Å². The molecule has 96 valence electrons. The SMILES string of the molecule is CCC(CC)CC(CN)Cc1cccc(F)c1. The van der Waals surface area contributed by atoms with Gasteiger partial charge in [-0.05, 0) is 48.9 Å². The molecular formula is C15H24FN. The first-order valence-electron chi connectivity index (χ1n) is 6.64. The zero-order valence-electron chi connectivity index (χ0n) is 11.0. The lowest BCUT2D eigenvalue weighted by Crippen LogP contribution is -2.20. The van der Waals surface area contributed by atoms with E-state index in [4.69, 9.17) is 5.73 Å². The predicted octanol–water partition coefficient (Wildman–Crippen LogP) is 3.77. The Hall–Kier alpha value is -0.890. The van der Waals surface area contributed by atoms with Crippen molar-refractivity contribution in [1.82, 2.24) is 0 Å². The smallest absolute Gasteiger partial charge is 0.123 e. The Morgan fingerprint density at radius 3 is 2.41 bits per heavy atom. The third-order valence-corrected chi connectivity index (χ3v) is 3.57. The molecule has 1 nitrogen and oxygen atoms in total. The molecule has 0 fully saturated rings. The van der Waals surface area contributed by atoms with Crippen LogP contribution in [0.1, 0.15) is 38.7 Å². The summed E-state index contributed by atoms with van der Waals surface area (Å²) in [4.78, 5) is 0. The molecule has 0 aromatic heterocycles. The minimum Gasteiger partial charge on any atom is -0.330 e. The van der Waals surface area contributed by atoms with Gasteiger partial charge in [-0.3, -0.25) is 0 Å². The van der Waals surface area contributed by atoms with Crippen molar-refractivity contribution in [3.63, 3.8) is 0 Å². The Morgan fingerprint density at radius 2 is 1.88 bits per heavy atom. The minimum absolute atomic E-state index is 0.152. The van der Waals surface area contributed by atoms with Gasteiger partial charge in [0.15, 0.2) is 0 Å². The zero-order chi connectivity index (χ0) is 12.7. The van der Waals surface area contributed by atoms with E-state index < -0.39 is 0 Å². The molecule has 0 amide bonds. The van der Waals surface area contributed by atoms with Gasteiger partial charge in [-0.1, -0.05) is 38.8 Å². The zero-order valence-corrected chi connectivity index (χ0v) is 11.0. The number of halogens is 1. The summed E-state index contributed by atoms with van der Waals surface area (Å²) in [6, 6.07) is 6.87. The van der Waals surface area contributed by atoms with Crippen LogP contribution in [-0.4, -0.2) is 6.54 Å². The lowest BCUT2D eigenvalue weighted by Gasteiger charge is -2.20. The number of benzene rings is 1. The highest BCUT2D eigenvalue weighted by Gasteiger charge is 2.13. The van der Waals surface area contributed by atoms with Crippen LogP contribution in [0.5, 0.6) is 0 Å². The molecule has 0 aliphatic heterocycles. The molecule has 1 atom stereocenters. The van der Waals surface area contributed by atoms with Crippen LogP contribution in [-0.2, 0) is 6.42 Å². The van der Waals surface area contributed by atoms with Gasteiger partial charge >= 0.3 is 0 Å². The second-order valence-corrected chi connectivity index (χ2v) is 4.85. The molecule has 1 aromatic rings. The number of hydrogen-bond donors (Lipinski definition) is 1. The minimum atomic E-state index is -0.152. The van der Waals surface area contributed by atoms with Crippen LogP contribution in [0.3, 0.4) is 0 Å². The first-order valence-corrected chi connectivity index (χ1v) is 6.64. The van der Waals surface area contributed by atoms with E-state index in [0.717, 1.165) is 24.3 Å². The summed E-state index contributed by atoms with van der Waals surface area (Å²) < 4.78 is 13.1. The number of nitrogens with two attached hydrogens (primary N) is 1. The first-order chi connectivity index (χ1) is 8.19. The second kappa shape index (κ2) is 7.44. The maximum Gasteiger partial charge on any atom is 0.123 e. The number of hydrogen-bond acceptors (Lipinski definition) is 1. The lowest BCUT2D eigenvalue weighted by molar-refractivity contribution is 0.356. The highest BCUT2D eigenvalue weighted by atomic mass is 19.1. The second-order valence-electron chi connectivity index (χ2n) is 4.85. The topological polar surface area (TPSA) is 26.0 Å². The summed E-state index contributed by atoms with van der Waals surface area (Å²) in [7, 11) is 0. The molecule has 2 N–H and O–H groups in total. The first kappa shape index (κ1) is 14.2. The molecule has 1 unspecified atom stereocenters. The van der Waals surface area contributed by atoms with Crippen LogP contribution in [0.4, 0.5) is 4.39 Å². The fraction of sp³-hybridized carbons (Fsp3) is 0.600. The molecule has 1 aromatic carbocycles. The maximum absolute atomic E-state index is 13.1. The fourth-order valence-corrected chi connectivity index (χ4v) is 2.35. The van der Waals surface area contributed by atoms with E-state index in [-0.39, 0.29) is 5.82 Å². The molecule has 0 spiro atoms. The van der Waals surface area contributed by atoms with Gasteiger partial charge in [0.05, 0.1) is 0 Å². The average Bonchev–Trinajstić information content (AvgIpc) is 2.34. The monoisotopic (exact) mass is 237 g/mol. The van der Waals surface area contributed by atoms with Crippen LogP contribution in [0.15, 0.2) is 24.3 Å². The third-order valence-electron chi connectivity index (χ3n) is 3.57. The normalized spacial score (nSPS) is 13.0. The standard InChI is InChI=1S/C15H24FN/c1-3-12(4-2)8-14(11-17)9-13-6-5-7-15(16)10-13/h5-7,10,12,14H,3-4,8-9,11,17H2,1-2H3. The Kier molecular flexibility index (Phi) is 6.20. The van der Waals surface area contributed by atoms with Crippen LogP contribution in [0, 0.1) is 17.7 Å².